The maximum atomic E-state index is 12.8. The first-order valence-electron chi connectivity index (χ1n) is 8.38. The van der Waals surface area contributed by atoms with Crippen molar-refractivity contribution in [2.75, 3.05) is 11.8 Å². The van der Waals surface area contributed by atoms with Crippen LogP contribution in [0.1, 0.15) is 36.7 Å². The molecular formula is C19H24N2O4S. The van der Waals surface area contributed by atoms with E-state index in [-0.39, 0.29) is 22.4 Å². The first-order chi connectivity index (χ1) is 12.3. The Balaban J connectivity index is 2.42. The fourth-order valence-corrected chi connectivity index (χ4v) is 3.63. The van der Waals surface area contributed by atoms with Crippen molar-refractivity contribution >= 4 is 21.6 Å². The number of sulfonamides is 1. The van der Waals surface area contributed by atoms with E-state index in [9.17, 15) is 13.2 Å². The lowest BCUT2D eigenvalue weighted by atomic mass is 10.1. The number of hydrogen-bond acceptors (Lipinski definition) is 4. The van der Waals surface area contributed by atoms with Gasteiger partial charge in [0, 0.05) is 6.04 Å². The Kier molecular flexibility index (Phi) is 6.26. The van der Waals surface area contributed by atoms with E-state index in [2.05, 4.69) is 10.0 Å². The minimum Gasteiger partial charge on any atom is -0.496 e. The lowest BCUT2D eigenvalue weighted by Gasteiger charge is -2.15. The molecule has 0 heterocycles. The third-order valence-electron chi connectivity index (χ3n) is 3.79. The summed E-state index contributed by atoms with van der Waals surface area (Å²) in [5.41, 5.74) is 1.59. The molecule has 0 saturated heterocycles. The zero-order chi connectivity index (χ0) is 19.3. The molecule has 2 rings (SSSR count). The molecule has 26 heavy (non-hydrogen) atoms. The van der Waals surface area contributed by atoms with Gasteiger partial charge in [0.2, 0.25) is 0 Å². The highest BCUT2D eigenvalue weighted by Crippen LogP contribution is 2.25. The molecule has 0 aromatic heterocycles. The number of para-hydroxylation sites is 1. The number of rotatable bonds is 7. The molecule has 7 heteroatoms. The van der Waals surface area contributed by atoms with E-state index in [0.29, 0.717) is 17.9 Å². The van der Waals surface area contributed by atoms with Crippen LogP contribution in [0.3, 0.4) is 0 Å². The van der Waals surface area contributed by atoms with E-state index in [0.717, 1.165) is 5.56 Å². The second-order valence-corrected chi connectivity index (χ2v) is 7.79. The molecular weight excluding hydrogens is 352 g/mol. The van der Waals surface area contributed by atoms with Crippen molar-refractivity contribution in [3.8, 4) is 5.75 Å². The number of aryl methyl sites for hydroxylation is 1. The molecule has 0 radical (unpaired) electrons. The van der Waals surface area contributed by atoms with E-state index in [4.69, 9.17) is 4.74 Å². The summed E-state index contributed by atoms with van der Waals surface area (Å²) in [4.78, 5) is 12.4. The molecule has 2 N–H and O–H groups in total. The second kappa shape index (κ2) is 8.23. The molecule has 140 valence electrons. The van der Waals surface area contributed by atoms with Crippen molar-refractivity contribution < 1.29 is 17.9 Å². The first-order valence-corrected chi connectivity index (χ1v) is 9.86. The molecule has 0 aliphatic heterocycles. The van der Waals surface area contributed by atoms with Crippen LogP contribution in [0, 0.1) is 0 Å². The molecule has 0 unspecified atom stereocenters. The largest absolute Gasteiger partial charge is 0.496 e. The van der Waals surface area contributed by atoms with Crippen molar-refractivity contribution in [2.45, 2.75) is 38.1 Å². The number of amides is 1. The molecule has 1 amide bonds. The van der Waals surface area contributed by atoms with Gasteiger partial charge in [0.25, 0.3) is 15.9 Å². The van der Waals surface area contributed by atoms with E-state index >= 15 is 0 Å². The monoisotopic (exact) mass is 376 g/mol. The van der Waals surface area contributed by atoms with Gasteiger partial charge in [0.15, 0.2) is 0 Å². The SMILES string of the molecule is CCc1ccccc1NS(=O)(=O)c1ccc(OC)c(C(=O)NC(C)C)c1. The summed E-state index contributed by atoms with van der Waals surface area (Å²) in [5, 5.41) is 2.75. The maximum Gasteiger partial charge on any atom is 0.261 e. The Hall–Kier alpha value is -2.54. The number of nitrogens with one attached hydrogen (secondary N) is 2. The van der Waals surface area contributed by atoms with Crippen LogP contribution in [-0.2, 0) is 16.4 Å². The Morgan fingerprint density at radius 1 is 1.15 bits per heavy atom. The lowest BCUT2D eigenvalue weighted by Crippen LogP contribution is -2.30. The van der Waals surface area contributed by atoms with E-state index in [1.165, 1.54) is 25.3 Å². The van der Waals surface area contributed by atoms with E-state index < -0.39 is 10.0 Å². The Morgan fingerprint density at radius 2 is 1.85 bits per heavy atom. The zero-order valence-corrected chi connectivity index (χ0v) is 16.2. The van der Waals surface area contributed by atoms with Crippen LogP contribution < -0.4 is 14.8 Å². The summed E-state index contributed by atoms with van der Waals surface area (Å²) in [5.74, 6) is -0.0704. The van der Waals surface area contributed by atoms with Gasteiger partial charge in [-0.05, 0) is 50.1 Å². The van der Waals surface area contributed by atoms with Crippen LogP contribution in [0.2, 0.25) is 0 Å². The third-order valence-corrected chi connectivity index (χ3v) is 5.15. The summed E-state index contributed by atoms with van der Waals surface area (Å²) in [6.07, 6.45) is 0.698. The van der Waals surface area contributed by atoms with Crippen molar-refractivity contribution in [3.05, 3.63) is 53.6 Å². The Morgan fingerprint density at radius 3 is 2.46 bits per heavy atom. The summed E-state index contributed by atoms with van der Waals surface area (Å²) < 4.78 is 33.4. The number of carbonyl (C=O) groups excluding carboxylic acids is 1. The Bertz CT molecular complexity index is 892. The molecule has 0 spiro atoms. The first kappa shape index (κ1) is 19.8. The quantitative estimate of drug-likeness (QED) is 0.777. The number of ether oxygens (including phenoxy) is 1. The molecule has 2 aromatic carbocycles. The van der Waals surface area contributed by atoms with Gasteiger partial charge in [0.1, 0.15) is 5.75 Å². The number of benzene rings is 2. The van der Waals surface area contributed by atoms with Crippen LogP contribution in [0.15, 0.2) is 47.4 Å². The Labute approximate surface area is 154 Å². The summed E-state index contributed by atoms with van der Waals surface area (Å²) in [6, 6.07) is 11.4. The highest BCUT2D eigenvalue weighted by Gasteiger charge is 2.21. The topological polar surface area (TPSA) is 84.5 Å². The number of methoxy groups -OCH3 is 1. The number of carbonyl (C=O) groups is 1. The van der Waals surface area contributed by atoms with Crippen LogP contribution in [0.5, 0.6) is 5.75 Å². The fraction of sp³-hybridized carbons (Fsp3) is 0.316. The van der Waals surface area contributed by atoms with Gasteiger partial charge >= 0.3 is 0 Å². The third kappa shape index (κ3) is 4.54. The molecule has 0 bridgehead atoms. The molecule has 0 aliphatic carbocycles. The minimum atomic E-state index is -3.84. The standard InChI is InChI=1S/C19H24N2O4S/c1-5-14-8-6-7-9-17(14)21-26(23,24)15-10-11-18(25-4)16(12-15)19(22)20-13(2)3/h6-13,21H,5H2,1-4H3,(H,20,22). The average molecular weight is 376 g/mol. The smallest absolute Gasteiger partial charge is 0.261 e. The second-order valence-electron chi connectivity index (χ2n) is 6.11. The lowest BCUT2D eigenvalue weighted by molar-refractivity contribution is 0.0940. The van der Waals surface area contributed by atoms with Crippen LogP contribution in [0.25, 0.3) is 0 Å². The van der Waals surface area contributed by atoms with Gasteiger partial charge in [-0.15, -0.1) is 0 Å². The predicted octanol–water partition coefficient (Wildman–Crippen LogP) is 3.20. The molecule has 0 saturated carbocycles. The summed E-state index contributed by atoms with van der Waals surface area (Å²) >= 11 is 0. The normalized spacial score (nSPS) is 11.3. The van der Waals surface area contributed by atoms with Crippen molar-refractivity contribution in [1.29, 1.82) is 0 Å². The van der Waals surface area contributed by atoms with Crippen LogP contribution >= 0.6 is 0 Å². The van der Waals surface area contributed by atoms with Gasteiger partial charge in [-0.3, -0.25) is 9.52 Å². The number of anilines is 1. The van der Waals surface area contributed by atoms with Gasteiger partial charge in [-0.1, -0.05) is 25.1 Å². The zero-order valence-electron chi connectivity index (χ0n) is 15.4. The molecule has 0 aliphatic rings. The van der Waals surface area contributed by atoms with E-state index in [1.54, 1.807) is 12.1 Å². The summed E-state index contributed by atoms with van der Waals surface area (Å²) in [7, 11) is -2.41. The van der Waals surface area contributed by atoms with Crippen molar-refractivity contribution in [2.24, 2.45) is 0 Å². The molecule has 0 fully saturated rings. The van der Waals surface area contributed by atoms with Crippen molar-refractivity contribution in [1.82, 2.24) is 5.32 Å². The van der Waals surface area contributed by atoms with Gasteiger partial charge < -0.3 is 10.1 Å². The fourth-order valence-electron chi connectivity index (χ4n) is 2.50. The van der Waals surface area contributed by atoms with E-state index in [1.807, 2.05) is 32.9 Å². The molecule has 2 aromatic rings. The van der Waals surface area contributed by atoms with Gasteiger partial charge in [-0.2, -0.15) is 0 Å². The van der Waals surface area contributed by atoms with Gasteiger partial charge in [-0.25, -0.2) is 8.42 Å². The highest BCUT2D eigenvalue weighted by molar-refractivity contribution is 7.92. The van der Waals surface area contributed by atoms with Gasteiger partial charge in [0.05, 0.1) is 23.3 Å². The highest BCUT2D eigenvalue weighted by atomic mass is 32.2. The maximum absolute atomic E-state index is 12.8. The average Bonchev–Trinajstić information content (AvgIpc) is 2.60. The molecule has 0 atom stereocenters. The number of hydrogen-bond donors (Lipinski definition) is 2. The summed E-state index contributed by atoms with van der Waals surface area (Å²) in [6.45, 7) is 5.61. The predicted molar refractivity (Wildman–Crippen MR) is 102 cm³/mol. The molecule has 6 nitrogen and oxygen atoms in total. The minimum absolute atomic E-state index is 0.00175. The van der Waals surface area contributed by atoms with Crippen LogP contribution in [0.4, 0.5) is 5.69 Å². The van der Waals surface area contributed by atoms with Crippen LogP contribution in [-0.4, -0.2) is 27.5 Å². The van der Waals surface area contributed by atoms with Crippen molar-refractivity contribution in [3.63, 3.8) is 0 Å².